The highest BCUT2D eigenvalue weighted by molar-refractivity contribution is 9.10. The number of benzene rings is 2. The van der Waals surface area contributed by atoms with Crippen LogP contribution in [0, 0.1) is 0 Å². The summed E-state index contributed by atoms with van der Waals surface area (Å²) >= 11 is 9.45. The minimum absolute atomic E-state index is 0.0127. The van der Waals surface area contributed by atoms with Crippen molar-refractivity contribution >= 4 is 39.1 Å². The first kappa shape index (κ1) is 17.1. The number of amides is 1. The fourth-order valence-electron chi connectivity index (χ4n) is 2.79. The van der Waals surface area contributed by atoms with E-state index < -0.39 is 0 Å². The number of hydrogen-bond donors (Lipinski definition) is 0. The monoisotopic (exact) mass is 408 g/mol. The fraction of sp³-hybridized carbons (Fsp3) is 0.278. The van der Waals surface area contributed by atoms with Crippen LogP contribution in [-0.2, 0) is 0 Å². The van der Waals surface area contributed by atoms with Crippen LogP contribution in [0.2, 0.25) is 5.02 Å². The second-order valence-corrected chi connectivity index (χ2v) is 6.89. The summed E-state index contributed by atoms with van der Waals surface area (Å²) in [4.78, 5) is 16.8. The van der Waals surface area contributed by atoms with Crippen molar-refractivity contribution in [3.63, 3.8) is 0 Å². The van der Waals surface area contributed by atoms with Gasteiger partial charge < -0.3 is 14.5 Å². The Morgan fingerprint density at radius 2 is 1.75 bits per heavy atom. The number of piperazine rings is 1. The van der Waals surface area contributed by atoms with Crippen LogP contribution in [0.3, 0.4) is 0 Å². The molecule has 0 spiro atoms. The molecule has 4 nitrogen and oxygen atoms in total. The molecule has 1 saturated heterocycles. The number of ether oxygens (including phenoxy) is 1. The largest absolute Gasteiger partial charge is 0.497 e. The summed E-state index contributed by atoms with van der Waals surface area (Å²) < 4.78 is 5.96. The Morgan fingerprint density at radius 3 is 2.38 bits per heavy atom. The van der Waals surface area contributed by atoms with Gasteiger partial charge in [-0.15, -0.1) is 0 Å². The van der Waals surface area contributed by atoms with Gasteiger partial charge in [0.15, 0.2) is 0 Å². The molecule has 1 amide bonds. The molecule has 0 unspecified atom stereocenters. The van der Waals surface area contributed by atoms with E-state index in [1.165, 1.54) is 0 Å². The maximum Gasteiger partial charge on any atom is 0.255 e. The Balaban J connectivity index is 1.65. The fourth-order valence-corrected chi connectivity index (χ4v) is 3.38. The highest BCUT2D eigenvalue weighted by atomic mass is 79.9. The molecule has 126 valence electrons. The van der Waals surface area contributed by atoms with Crippen molar-refractivity contribution in [3.8, 4) is 5.75 Å². The van der Waals surface area contributed by atoms with Crippen LogP contribution in [0.1, 0.15) is 10.4 Å². The smallest absolute Gasteiger partial charge is 0.255 e. The van der Waals surface area contributed by atoms with Crippen molar-refractivity contribution < 1.29 is 9.53 Å². The molecule has 6 heteroatoms. The quantitative estimate of drug-likeness (QED) is 0.766. The second kappa shape index (κ2) is 7.45. The normalized spacial score (nSPS) is 14.6. The Bertz CT molecular complexity index is 728. The van der Waals surface area contributed by atoms with Crippen molar-refractivity contribution in [2.45, 2.75) is 0 Å². The zero-order valence-electron chi connectivity index (χ0n) is 13.3. The number of halogens is 2. The standard InChI is InChI=1S/C18H18BrClN2O2/c1-24-15-5-3-14(4-6-15)21-8-10-22(11-9-21)18(23)16-12-13(20)2-7-17(16)19/h2-7,12H,8-11H2,1H3. The predicted molar refractivity (Wildman–Crippen MR) is 100 cm³/mol. The van der Waals surface area contributed by atoms with Crippen LogP contribution < -0.4 is 9.64 Å². The maximum absolute atomic E-state index is 12.7. The summed E-state index contributed by atoms with van der Waals surface area (Å²) in [5, 5.41) is 0.568. The average molecular weight is 410 g/mol. The van der Waals surface area contributed by atoms with Gasteiger partial charge in [0, 0.05) is 41.4 Å². The molecule has 0 aliphatic carbocycles. The number of carbonyl (C=O) groups is 1. The molecular weight excluding hydrogens is 392 g/mol. The van der Waals surface area contributed by atoms with Crippen molar-refractivity contribution in [1.29, 1.82) is 0 Å². The summed E-state index contributed by atoms with van der Waals surface area (Å²) in [6, 6.07) is 13.3. The van der Waals surface area contributed by atoms with Crippen molar-refractivity contribution in [1.82, 2.24) is 4.90 Å². The van der Waals surface area contributed by atoms with Gasteiger partial charge >= 0.3 is 0 Å². The van der Waals surface area contributed by atoms with Gasteiger partial charge in [0.05, 0.1) is 12.7 Å². The van der Waals surface area contributed by atoms with Crippen LogP contribution in [0.5, 0.6) is 5.75 Å². The minimum Gasteiger partial charge on any atom is -0.497 e. The van der Waals surface area contributed by atoms with Crippen LogP contribution in [0.25, 0.3) is 0 Å². The zero-order chi connectivity index (χ0) is 17.1. The molecule has 1 aliphatic rings. The number of anilines is 1. The molecule has 2 aromatic carbocycles. The van der Waals surface area contributed by atoms with E-state index in [2.05, 4.69) is 20.8 Å². The predicted octanol–water partition coefficient (Wildman–Crippen LogP) is 4.07. The molecule has 3 rings (SSSR count). The van der Waals surface area contributed by atoms with Gasteiger partial charge in [-0.2, -0.15) is 0 Å². The summed E-state index contributed by atoms with van der Waals surface area (Å²) in [5.41, 5.74) is 1.76. The van der Waals surface area contributed by atoms with E-state index >= 15 is 0 Å². The SMILES string of the molecule is COc1ccc(N2CCN(C(=O)c3cc(Cl)ccc3Br)CC2)cc1. The average Bonchev–Trinajstić information content (AvgIpc) is 2.63. The number of hydrogen-bond acceptors (Lipinski definition) is 3. The summed E-state index contributed by atoms with van der Waals surface area (Å²) in [6.45, 7) is 2.97. The van der Waals surface area contributed by atoms with E-state index in [0.717, 1.165) is 29.0 Å². The molecule has 2 aromatic rings. The number of carbonyl (C=O) groups excluding carboxylic acids is 1. The van der Waals surface area contributed by atoms with Gasteiger partial charge in [0.2, 0.25) is 0 Å². The first-order valence-electron chi connectivity index (χ1n) is 7.72. The van der Waals surface area contributed by atoms with Gasteiger partial charge in [0.1, 0.15) is 5.75 Å². The lowest BCUT2D eigenvalue weighted by atomic mass is 10.1. The highest BCUT2D eigenvalue weighted by Crippen LogP contribution is 2.24. The Labute approximate surface area is 155 Å². The Kier molecular flexibility index (Phi) is 5.31. The molecule has 0 aromatic heterocycles. The number of rotatable bonds is 3. The van der Waals surface area contributed by atoms with Gasteiger partial charge in [-0.3, -0.25) is 4.79 Å². The molecule has 1 heterocycles. The third-order valence-corrected chi connectivity index (χ3v) is 5.09. The highest BCUT2D eigenvalue weighted by Gasteiger charge is 2.23. The van der Waals surface area contributed by atoms with Crippen LogP contribution in [-0.4, -0.2) is 44.1 Å². The van der Waals surface area contributed by atoms with Crippen molar-refractivity contribution in [2.24, 2.45) is 0 Å². The first-order chi connectivity index (χ1) is 11.6. The van der Waals surface area contributed by atoms with Crippen LogP contribution >= 0.6 is 27.5 Å². The van der Waals surface area contributed by atoms with E-state index in [0.29, 0.717) is 23.7 Å². The molecule has 24 heavy (non-hydrogen) atoms. The molecule has 1 fully saturated rings. The van der Waals surface area contributed by atoms with Gasteiger partial charge in [-0.1, -0.05) is 11.6 Å². The van der Waals surface area contributed by atoms with E-state index in [4.69, 9.17) is 16.3 Å². The maximum atomic E-state index is 12.7. The van der Waals surface area contributed by atoms with E-state index in [9.17, 15) is 4.79 Å². The minimum atomic E-state index is 0.0127. The molecule has 1 aliphatic heterocycles. The topological polar surface area (TPSA) is 32.8 Å². The third-order valence-electron chi connectivity index (χ3n) is 4.16. The molecular formula is C18H18BrClN2O2. The lowest BCUT2D eigenvalue weighted by Gasteiger charge is -2.36. The van der Waals surface area contributed by atoms with Gasteiger partial charge in [-0.25, -0.2) is 0 Å². The number of nitrogens with zero attached hydrogens (tertiary/aromatic N) is 2. The molecule has 0 atom stereocenters. The lowest BCUT2D eigenvalue weighted by molar-refractivity contribution is 0.0746. The Hall–Kier alpha value is -1.72. The van der Waals surface area contributed by atoms with E-state index in [1.807, 2.05) is 35.2 Å². The van der Waals surface area contributed by atoms with Crippen LogP contribution in [0.4, 0.5) is 5.69 Å². The van der Waals surface area contributed by atoms with Crippen molar-refractivity contribution in [2.75, 3.05) is 38.2 Å². The Morgan fingerprint density at radius 1 is 1.08 bits per heavy atom. The first-order valence-corrected chi connectivity index (χ1v) is 8.89. The second-order valence-electron chi connectivity index (χ2n) is 5.60. The molecule has 0 radical (unpaired) electrons. The lowest BCUT2D eigenvalue weighted by Crippen LogP contribution is -2.48. The summed E-state index contributed by atoms with van der Waals surface area (Å²) in [5.74, 6) is 0.858. The number of methoxy groups -OCH3 is 1. The van der Waals surface area contributed by atoms with Crippen LogP contribution in [0.15, 0.2) is 46.9 Å². The van der Waals surface area contributed by atoms with E-state index in [-0.39, 0.29) is 5.91 Å². The molecule has 0 saturated carbocycles. The van der Waals surface area contributed by atoms with Gasteiger partial charge in [0.25, 0.3) is 5.91 Å². The molecule has 0 bridgehead atoms. The zero-order valence-corrected chi connectivity index (χ0v) is 15.7. The summed E-state index contributed by atoms with van der Waals surface area (Å²) in [6.07, 6.45) is 0. The summed E-state index contributed by atoms with van der Waals surface area (Å²) in [7, 11) is 1.66. The van der Waals surface area contributed by atoms with E-state index in [1.54, 1.807) is 19.2 Å². The van der Waals surface area contributed by atoms with Crippen molar-refractivity contribution in [3.05, 3.63) is 57.5 Å². The third kappa shape index (κ3) is 3.68. The van der Waals surface area contributed by atoms with Gasteiger partial charge in [-0.05, 0) is 58.4 Å². The molecule has 0 N–H and O–H groups in total.